The maximum Gasteiger partial charge on any atom is 0.217 e. The van der Waals surface area contributed by atoms with Gasteiger partial charge in [0.05, 0.1) is 0 Å². The lowest BCUT2D eigenvalue weighted by Crippen LogP contribution is -2.44. The van der Waals surface area contributed by atoms with Gasteiger partial charge in [-0.1, -0.05) is 6.92 Å². The average molecular weight is 127 g/mol. The van der Waals surface area contributed by atoms with Crippen LogP contribution in [-0.4, -0.2) is 11.9 Å². The zero-order chi connectivity index (χ0) is 6.85. The van der Waals surface area contributed by atoms with Crippen molar-refractivity contribution in [1.29, 1.82) is 0 Å². The van der Waals surface area contributed by atoms with Crippen molar-refractivity contribution in [3.63, 3.8) is 0 Å². The molecule has 0 radical (unpaired) electrons. The smallest absolute Gasteiger partial charge is 0.217 e. The first-order valence-corrected chi connectivity index (χ1v) is 3.47. The molecule has 1 rings (SSSR count). The third-order valence-electron chi connectivity index (χ3n) is 2.01. The minimum absolute atomic E-state index is 0.103. The Morgan fingerprint density at radius 2 is 2.22 bits per heavy atom. The summed E-state index contributed by atoms with van der Waals surface area (Å²) in [6.07, 6.45) is 2.44. The molecule has 0 aromatic heterocycles. The quantitative estimate of drug-likeness (QED) is 0.557. The molecule has 1 aliphatic rings. The molecule has 2 heteroatoms. The van der Waals surface area contributed by atoms with Crippen LogP contribution < -0.4 is 5.32 Å². The number of nitrogens with one attached hydrogen (secondary N) is 1. The van der Waals surface area contributed by atoms with Crippen LogP contribution >= 0.6 is 0 Å². The van der Waals surface area contributed by atoms with Crippen molar-refractivity contribution >= 4 is 5.91 Å². The molecule has 0 bridgehead atoms. The van der Waals surface area contributed by atoms with Crippen LogP contribution in [0.2, 0.25) is 0 Å². The van der Waals surface area contributed by atoms with E-state index in [1.54, 1.807) is 6.92 Å². The van der Waals surface area contributed by atoms with E-state index in [1.165, 1.54) is 12.8 Å². The van der Waals surface area contributed by atoms with Gasteiger partial charge in [0.2, 0.25) is 5.91 Å². The number of amides is 1. The van der Waals surface area contributed by atoms with Gasteiger partial charge in [0, 0.05) is 13.0 Å². The van der Waals surface area contributed by atoms with Crippen molar-refractivity contribution in [2.45, 2.75) is 32.7 Å². The van der Waals surface area contributed by atoms with Crippen molar-refractivity contribution in [2.24, 2.45) is 5.92 Å². The molecule has 1 aliphatic carbocycles. The van der Waals surface area contributed by atoms with Gasteiger partial charge in [-0.25, -0.2) is 0 Å². The molecule has 1 N–H and O–H groups in total. The largest absolute Gasteiger partial charge is 0.353 e. The van der Waals surface area contributed by atoms with E-state index in [1.807, 2.05) is 0 Å². The van der Waals surface area contributed by atoms with Gasteiger partial charge in [-0.3, -0.25) is 4.79 Å². The van der Waals surface area contributed by atoms with E-state index in [9.17, 15) is 4.79 Å². The maximum absolute atomic E-state index is 10.5. The summed E-state index contributed by atoms with van der Waals surface area (Å²) in [5.41, 5.74) is 0. The third kappa shape index (κ3) is 1.44. The Morgan fingerprint density at radius 3 is 2.33 bits per heavy atom. The Labute approximate surface area is 55.6 Å². The molecule has 2 nitrogen and oxygen atoms in total. The molecule has 9 heavy (non-hydrogen) atoms. The Morgan fingerprint density at radius 1 is 1.56 bits per heavy atom. The van der Waals surface area contributed by atoms with Gasteiger partial charge in [-0.2, -0.15) is 0 Å². The Balaban J connectivity index is 2.21. The van der Waals surface area contributed by atoms with Gasteiger partial charge in [0.25, 0.3) is 0 Å². The molecule has 0 spiro atoms. The van der Waals surface area contributed by atoms with Crippen LogP contribution in [0.25, 0.3) is 0 Å². The fourth-order valence-corrected chi connectivity index (χ4v) is 1.14. The van der Waals surface area contributed by atoms with Crippen LogP contribution in [0.5, 0.6) is 0 Å². The second-order valence-corrected chi connectivity index (χ2v) is 2.86. The van der Waals surface area contributed by atoms with Crippen molar-refractivity contribution in [2.75, 3.05) is 0 Å². The summed E-state index contributed by atoms with van der Waals surface area (Å²) in [5.74, 6) is 0.806. The van der Waals surface area contributed by atoms with E-state index in [4.69, 9.17) is 0 Å². The standard InChI is InChI=1S/C7H13NO/c1-5-3-4-7(5)8-6(2)9/h5,7H,3-4H2,1-2H3,(H,8,9). The van der Waals surface area contributed by atoms with Gasteiger partial charge >= 0.3 is 0 Å². The second-order valence-electron chi connectivity index (χ2n) is 2.86. The van der Waals surface area contributed by atoms with E-state index in [0.29, 0.717) is 12.0 Å². The first-order chi connectivity index (χ1) is 4.20. The molecule has 0 aromatic carbocycles. The van der Waals surface area contributed by atoms with Crippen LogP contribution in [0, 0.1) is 5.92 Å². The highest BCUT2D eigenvalue weighted by Gasteiger charge is 2.26. The summed E-state index contributed by atoms with van der Waals surface area (Å²) < 4.78 is 0. The topological polar surface area (TPSA) is 29.1 Å². The monoisotopic (exact) mass is 127 g/mol. The molecule has 0 heterocycles. The predicted octanol–water partition coefficient (Wildman–Crippen LogP) is 0.921. The van der Waals surface area contributed by atoms with E-state index in [-0.39, 0.29) is 5.91 Å². The lowest BCUT2D eigenvalue weighted by Gasteiger charge is -2.33. The highest BCUT2D eigenvalue weighted by atomic mass is 16.1. The van der Waals surface area contributed by atoms with E-state index in [0.717, 1.165) is 0 Å². The number of carbonyl (C=O) groups is 1. The van der Waals surface area contributed by atoms with Crippen molar-refractivity contribution in [1.82, 2.24) is 5.32 Å². The van der Waals surface area contributed by atoms with E-state index >= 15 is 0 Å². The average Bonchev–Trinajstić information content (AvgIpc) is 1.79. The Hall–Kier alpha value is -0.530. The van der Waals surface area contributed by atoms with Gasteiger partial charge < -0.3 is 5.32 Å². The minimum Gasteiger partial charge on any atom is -0.353 e. The highest BCUT2D eigenvalue weighted by Crippen LogP contribution is 2.25. The normalized spacial score (nSPS) is 33.1. The van der Waals surface area contributed by atoms with Crippen molar-refractivity contribution < 1.29 is 4.79 Å². The molecule has 1 fully saturated rings. The van der Waals surface area contributed by atoms with Crippen molar-refractivity contribution in [3.8, 4) is 0 Å². The van der Waals surface area contributed by atoms with Gasteiger partial charge in [-0.15, -0.1) is 0 Å². The zero-order valence-electron chi connectivity index (χ0n) is 5.98. The molecule has 0 saturated heterocycles. The molecule has 2 atom stereocenters. The fraction of sp³-hybridized carbons (Fsp3) is 0.857. The number of hydrogen-bond acceptors (Lipinski definition) is 1. The molecule has 1 saturated carbocycles. The summed E-state index contributed by atoms with van der Waals surface area (Å²) >= 11 is 0. The number of hydrogen-bond donors (Lipinski definition) is 1. The fourth-order valence-electron chi connectivity index (χ4n) is 1.14. The predicted molar refractivity (Wildman–Crippen MR) is 36.0 cm³/mol. The van der Waals surface area contributed by atoms with E-state index < -0.39 is 0 Å². The lowest BCUT2D eigenvalue weighted by molar-refractivity contribution is -0.120. The first-order valence-electron chi connectivity index (χ1n) is 3.47. The highest BCUT2D eigenvalue weighted by molar-refractivity contribution is 5.73. The number of carbonyl (C=O) groups excluding carboxylic acids is 1. The Bertz CT molecular complexity index is 122. The summed E-state index contributed by atoms with van der Waals surface area (Å²) in [6, 6.07) is 0.475. The molecular weight excluding hydrogens is 114 g/mol. The maximum atomic E-state index is 10.5. The molecule has 52 valence electrons. The summed E-state index contributed by atoms with van der Waals surface area (Å²) in [5, 5.41) is 2.89. The van der Waals surface area contributed by atoms with Crippen LogP contribution in [0.3, 0.4) is 0 Å². The van der Waals surface area contributed by atoms with E-state index in [2.05, 4.69) is 12.2 Å². The molecule has 0 aliphatic heterocycles. The van der Waals surface area contributed by atoms with Gasteiger partial charge in [-0.05, 0) is 18.8 Å². The molecule has 0 aromatic rings. The Kier molecular flexibility index (Phi) is 1.74. The van der Waals surface area contributed by atoms with Gasteiger partial charge in [0.1, 0.15) is 0 Å². The molecule has 1 amide bonds. The summed E-state index contributed by atoms with van der Waals surface area (Å²) in [6.45, 7) is 3.75. The first kappa shape index (κ1) is 6.59. The molecular formula is C7H13NO. The van der Waals surface area contributed by atoms with Gasteiger partial charge in [0.15, 0.2) is 0 Å². The van der Waals surface area contributed by atoms with Crippen LogP contribution in [0.1, 0.15) is 26.7 Å². The third-order valence-corrected chi connectivity index (χ3v) is 2.01. The van der Waals surface area contributed by atoms with Crippen LogP contribution in [0.15, 0.2) is 0 Å². The summed E-state index contributed by atoms with van der Waals surface area (Å²) in [7, 11) is 0. The lowest BCUT2D eigenvalue weighted by atomic mass is 9.81. The SMILES string of the molecule is CC(=O)NC1CCC1C. The molecule has 2 unspecified atom stereocenters. The van der Waals surface area contributed by atoms with Crippen LogP contribution in [0.4, 0.5) is 0 Å². The van der Waals surface area contributed by atoms with Crippen LogP contribution in [-0.2, 0) is 4.79 Å². The zero-order valence-corrected chi connectivity index (χ0v) is 5.98. The minimum atomic E-state index is 0.103. The summed E-state index contributed by atoms with van der Waals surface area (Å²) in [4.78, 5) is 10.5. The second kappa shape index (κ2) is 2.38. The van der Waals surface area contributed by atoms with Crippen molar-refractivity contribution in [3.05, 3.63) is 0 Å². The number of rotatable bonds is 1.